The summed E-state index contributed by atoms with van der Waals surface area (Å²) in [5.41, 5.74) is 3.50. The lowest BCUT2D eigenvalue weighted by Crippen LogP contribution is -2.36. The average molecular weight is 399 g/mol. The molecule has 2 amide bonds. The van der Waals surface area contributed by atoms with Gasteiger partial charge in [0.2, 0.25) is 0 Å². The summed E-state index contributed by atoms with van der Waals surface area (Å²) in [5.74, 6) is -0.693. The van der Waals surface area contributed by atoms with Crippen molar-refractivity contribution in [2.24, 2.45) is 0 Å². The number of pyridine rings is 1. The van der Waals surface area contributed by atoms with E-state index in [2.05, 4.69) is 10.3 Å². The van der Waals surface area contributed by atoms with Crippen LogP contribution in [0.1, 0.15) is 50.7 Å². The highest BCUT2D eigenvalue weighted by Crippen LogP contribution is 2.32. The van der Waals surface area contributed by atoms with Crippen molar-refractivity contribution in [1.82, 2.24) is 4.98 Å². The van der Waals surface area contributed by atoms with Crippen LogP contribution in [0.2, 0.25) is 0 Å². The molecule has 1 atom stereocenters. The van der Waals surface area contributed by atoms with Crippen molar-refractivity contribution in [2.75, 3.05) is 10.2 Å². The van der Waals surface area contributed by atoms with Crippen LogP contribution in [0.5, 0.6) is 0 Å². The van der Waals surface area contributed by atoms with Gasteiger partial charge in [-0.15, -0.1) is 0 Å². The van der Waals surface area contributed by atoms with Crippen LogP contribution in [0.25, 0.3) is 0 Å². The summed E-state index contributed by atoms with van der Waals surface area (Å²) >= 11 is 0. The van der Waals surface area contributed by atoms with Gasteiger partial charge >= 0.3 is 0 Å². The Hall–Kier alpha value is -3.80. The maximum Gasteiger partial charge on any atom is 0.277 e. The van der Waals surface area contributed by atoms with E-state index in [-0.39, 0.29) is 29.1 Å². The van der Waals surface area contributed by atoms with E-state index in [9.17, 15) is 14.4 Å². The molecule has 4 rings (SSSR count). The molecule has 0 radical (unpaired) electrons. The molecule has 150 valence electrons. The number of amides is 2. The molecule has 0 saturated carbocycles. The zero-order chi connectivity index (χ0) is 21.3. The fraction of sp³-hybridized carbons (Fsp3) is 0.167. The smallest absolute Gasteiger partial charge is 0.277 e. The molecule has 1 aromatic heterocycles. The highest BCUT2D eigenvalue weighted by molar-refractivity contribution is 6.08. The first-order valence-corrected chi connectivity index (χ1v) is 9.75. The van der Waals surface area contributed by atoms with Crippen LogP contribution in [0.15, 0.2) is 66.7 Å². The van der Waals surface area contributed by atoms with Crippen LogP contribution in [-0.2, 0) is 6.42 Å². The third-order valence-corrected chi connectivity index (χ3v) is 5.18. The topological polar surface area (TPSA) is 79.4 Å². The van der Waals surface area contributed by atoms with E-state index in [4.69, 9.17) is 0 Å². The molecule has 6 nitrogen and oxygen atoms in total. The summed E-state index contributed by atoms with van der Waals surface area (Å²) in [6.07, 6.45) is 0.790. The van der Waals surface area contributed by atoms with Gasteiger partial charge in [-0.1, -0.05) is 24.3 Å². The van der Waals surface area contributed by atoms with Gasteiger partial charge in [0, 0.05) is 23.0 Å². The normalized spacial score (nSPS) is 14.9. The molecule has 2 heterocycles. The summed E-state index contributed by atoms with van der Waals surface area (Å²) in [6, 6.07) is 19.3. The molecule has 1 unspecified atom stereocenters. The molecule has 0 saturated heterocycles. The summed E-state index contributed by atoms with van der Waals surface area (Å²) in [7, 11) is 0. The fourth-order valence-electron chi connectivity index (χ4n) is 3.66. The number of nitrogens with zero attached hydrogens (tertiary/aromatic N) is 2. The number of aromatic nitrogens is 1. The monoisotopic (exact) mass is 399 g/mol. The molecule has 2 aromatic carbocycles. The van der Waals surface area contributed by atoms with E-state index in [1.807, 2.05) is 31.2 Å². The van der Waals surface area contributed by atoms with E-state index in [1.54, 1.807) is 47.4 Å². The number of anilines is 2. The third kappa shape index (κ3) is 3.72. The summed E-state index contributed by atoms with van der Waals surface area (Å²) in [6.45, 7) is 3.48. The quantitative estimate of drug-likeness (QED) is 0.669. The van der Waals surface area contributed by atoms with E-state index >= 15 is 0 Å². The number of ketones is 1. The molecule has 1 N–H and O–H groups in total. The van der Waals surface area contributed by atoms with E-state index in [1.165, 1.54) is 6.92 Å². The second-order valence-electron chi connectivity index (χ2n) is 7.35. The van der Waals surface area contributed by atoms with Crippen LogP contribution in [0, 0.1) is 0 Å². The Morgan fingerprint density at radius 1 is 0.933 bits per heavy atom. The second-order valence-corrected chi connectivity index (χ2v) is 7.35. The lowest BCUT2D eigenvalue weighted by atomic mass is 10.1. The molecule has 0 aliphatic carbocycles. The number of hydrogen-bond acceptors (Lipinski definition) is 4. The van der Waals surface area contributed by atoms with Gasteiger partial charge in [0.25, 0.3) is 11.8 Å². The Morgan fingerprint density at radius 3 is 2.37 bits per heavy atom. The van der Waals surface area contributed by atoms with Crippen molar-refractivity contribution in [3.05, 3.63) is 89.2 Å². The van der Waals surface area contributed by atoms with E-state index < -0.39 is 5.91 Å². The Kier molecular flexibility index (Phi) is 5.14. The van der Waals surface area contributed by atoms with Crippen molar-refractivity contribution in [3.8, 4) is 0 Å². The number of nitrogens with one attached hydrogen (secondary N) is 1. The highest BCUT2D eigenvalue weighted by Gasteiger charge is 2.32. The number of hydrogen-bond donors (Lipinski definition) is 1. The SMILES string of the molecule is CC(=O)c1ccc(NC(=O)c2cccc(C(=O)N3c4ccccc4CC3C)n2)cc1. The highest BCUT2D eigenvalue weighted by atomic mass is 16.2. The number of benzene rings is 2. The zero-order valence-corrected chi connectivity index (χ0v) is 16.8. The average Bonchev–Trinajstić information content (AvgIpc) is 3.09. The molecule has 0 fully saturated rings. The summed E-state index contributed by atoms with van der Waals surface area (Å²) in [5, 5.41) is 2.75. The molecular weight excluding hydrogens is 378 g/mol. The van der Waals surface area contributed by atoms with Crippen LogP contribution in [0.3, 0.4) is 0 Å². The van der Waals surface area contributed by atoms with Crippen LogP contribution in [-0.4, -0.2) is 28.6 Å². The van der Waals surface area contributed by atoms with Crippen molar-refractivity contribution >= 4 is 29.0 Å². The molecule has 3 aromatic rings. The summed E-state index contributed by atoms with van der Waals surface area (Å²) in [4.78, 5) is 43.2. The Morgan fingerprint density at radius 2 is 1.63 bits per heavy atom. The zero-order valence-electron chi connectivity index (χ0n) is 16.8. The van der Waals surface area contributed by atoms with E-state index in [0.717, 1.165) is 17.7 Å². The predicted molar refractivity (Wildman–Crippen MR) is 115 cm³/mol. The molecule has 1 aliphatic rings. The number of Topliss-reactive ketones (excluding diaryl/α,β-unsaturated/α-hetero) is 1. The van der Waals surface area contributed by atoms with Gasteiger partial charge < -0.3 is 10.2 Å². The van der Waals surface area contributed by atoms with Gasteiger partial charge in [-0.2, -0.15) is 0 Å². The van der Waals surface area contributed by atoms with Crippen LogP contribution >= 0.6 is 0 Å². The second kappa shape index (κ2) is 7.91. The first-order chi connectivity index (χ1) is 14.4. The van der Waals surface area contributed by atoms with Gasteiger partial charge in [-0.3, -0.25) is 14.4 Å². The minimum Gasteiger partial charge on any atom is -0.321 e. The number of rotatable bonds is 4. The van der Waals surface area contributed by atoms with Crippen LogP contribution < -0.4 is 10.2 Å². The number of carbonyl (C=O) groups excluding carboxylic acids is 3. The predicted octanol–water partition coefficient (Wildman–Crippen LogP) is 4.13. The van der Waals surface area contributed by atoms with Gasteiger partial charge in [0.05, 0.1) is 0 Å². The lowest BCUT2D eigenvalue weighted by molar-refractivity contribution is 0.0974. The van der Waals surface area contributed by atoms with Crippen molar-refractivity contribution < 1.29 is 14.4 Å². The molecule has 30 heavy (non-hydrogen) atoms. The molecule has 0 bridgehead atoms. The Bertz CT molecular complexity index is 1140. The van der Waals surface area contributed by atoms with Gasteiger partial charge in [0.1, 0.15) is 11.4 Å². The first kappa shape index (κ1) is 19.5. The number of carbonyl (C=O) groups is 3. The summed E-state index contributed by atoms with van der Waals surface area (Å²) < 4.78 is 0. The minimum absolute atomic E-state index is 0.0222. The maximum atomic E-state index is 13.2. The Balaban J connectivity index is 1.54. The van der Waals surface area contributed by atoms with Gasteiger partial charge in [0.15, 0.2) is 5.78 Å². The minimum atomic E-state index is -0.421. The van der Waals surface area contributed by atoms with E-state index in [0.29, 0.717) is 11.3 Å². The molecule has 1 aliphatic heterocycles. The molecule has 6 heteroatoms. The van der Waals surface area contributed by atoms with Crippen molar-refractivity contribution in [3.63, 3.8) is 0 Å². The third-order valence-electron chi connectivity index (χ3n) is 5.18. The first-order valence-electron chi connectivity index (χ1n) is 9.75. The largest absolute Gasteiger partial charge is 0.321 e. The molecular formula is C24H21N3O3. The Labute approximate surface area is 174 Å². The maximum absolute atomic E-state index is 13.2. The standard InChI is InChI=1S/C24H21N3O3/c1-15-14-18-6-3-4-9-22(18)27(15)24(30)21-8-5-7-20(26-21)23(29)25-19-12-10-17(11-13-19)16(2)28/h3-13,15H,14H2,1-2H3,(H,25,29). The number of fused-ring (bicyclic) bond motifs is 1. The van der Waals surface area contributed by atoms with Crippen molar-refractivity contribution in [1.29, 1.82) is 0 Å². The molecule has 0 spiro atoms. The lowest BCUT2D eigenvalue weighted by Gasteiger charge is -2.22. The fourth-order valence-corrected chi connectivity index (χ4v) is 3.66. The van der Waals surface area contributed by atoms with Crippen LogP contribution in [0.4, 0.5) is 11.4 Å². The van der Waals surface area contributed by atoms with Crippen molar-refractivity contribution in [2.45, 2.75) is 26.3 Å². The number of para-hydroxylation sites is 1. The van der Waals surface area contributed by atoms with Gasteiger partial charge in [-0.25, -0.2) is 4.98 Å². The van der Waals surface area contributed by atoms with Gasteiger partial charge in [-0.05, 0) is 68.3 Å².